The van der Waals surface area contributed by atoms with Crippen LogP contribution in [0.4, 0.5) is 0 Å². The Kier molecular flexibility index (Phi) is 5.85. The number of carbonyl (C=O) groups is 1. The molecule has 1 aliphatic rings. The molecule has 132 valence electrons. The van der Waals surface area contributed by atoms with Crippen LogP contribution < -0.4 is 14.8 Å². The smallest absolute Gasteiger partial charge is 0.249 e. The fraction of sp³-hybridized carbons (Fsp3) is 0.368. The van der Waals surface area contributed by atoms with Gasteiger partial charge in [-0.3, -0.25) is 9.78 Å². The molecule has 0 unspecified atom stereocenters. The number of ether oxygens (including phenoxy) is 3. The summed E-state index contributed by atoms with van der Waals surface area (Å²) in [7, 11) is 1.60. The van der Waals surface area contributed by atoms with E-state index < -0.39 is 0 Å². The van der Waals surface area contributed by atoms with Crippen LogP contribution in [0.3, 0.4) is 0 Å². The quantitative estimate of drug-likeness (QED) is 0.837. The fourth-order valence-corrected chi connectivity index (χ4v) is 2.67. The Bertz CT molecular complexity index is 700. The molecule has 1 saturated heterocycles. The minimum absolute atomic E-state index is 0.0617. The Balaban J connectivity index is 1.58. The summed E-state index contributed by atoms with van der Waals surface area (Å²) >= 11 is 0. The topological polar surface area (TPSA) is 69.7 Å². The molecule has 1 aliphatic heterocycles. The molecule has 0 radical (unpaired) electrons. The van der Waals surface area contributed by atoms with Gasteiger partial charge in [-0.05, 0) is 36.6 Å². The number of methoxy groups -OCH3 is 1. The molecule has 0 spiro atoms. The summed E-state index contributed by atoms with van der Waals surface area (Å²) in [4.78, 5) is 16.1. The van der Waals surface area contributed by atoms with E-state index in [1.165, 1.54) is 0 Å². The van der Waals surface area contributed by atoms with Crippen LogP contribution in [0.25, 0.3) is 0 Å². The van der Waals surface area contributed by atoms with Gasteiger partial charge < -0.3 is 19.5 Å². The highest BCUT2D eigenvalue weighted by Gasteiger charge is 2.23. The van der Waals surface area contributed by atoms with Gasteiger partial charge in [0, 0.05) is 31.1 Å². The normalized spacial score (nSPS) is 16.4. The Hall–Kier alpha value is -2.60. The van der Waals surface area contributed by atoms with Gasteiger partial charge in [-0.2, -0.15) is 0 Å². The van der Waals surface area contributed by atoms with Crippen LogP contribution in [0, 0.1) is 0 Å². The van der Waals surface area contributed by atoms with Crippen LogP contribution in [0.1, 0.15) is 24.0 Å². The lowest BCUT2D eigenvalue weighted by Gasteiger charge is -2.14. The number of rotatable bonds is 7. The van der Waals surface area contributed by atoms with E-state index in [1.807, 2.05) is 30.3 Å². The third-order valence-electron chi connectivity index (χ3n) is 4.03. The number of nitrogens with zero attached hydrogens (tertiary/aromatic N) is 1. The molecule has 6 heteroatoms. The van der Waals surface area contributed by atoms with Gasteiger partial charge in [-0.1, -0.05) is 12.1 Å². The van der Waals surface area contributed by atoms with Crippen molar-refractivity contribution in [2.75, 3.05) is 13.7 Å². The van der Waals surface area contributed by atoms with Crippen molar-refractivity contribution in [1.82, 2.24) is 10.3 Å². The van der Waals surface area contributed by atoms with Crippen LogP contribution in [-0.2, 0) is 22.7 Å². The summed E-state index contributed by atoms with van der Waals surface area (Å²) in [5, 5.41) is 2.90. The number of nitrogens with one attached hydrogen (secondary N) is 1. The van der Waals surface area contributed by atoms with Gasteiger partial charge in [0.15, 0.2) is 11.5 Å². The molecule has 1 N–H and O–H groups in total. The van der Waals surface area contributed by atoms with Crippen LogP contribution in [0.15, 0.2) is 42.7 Å². The fourth-order valence-electron chi connectivity index (χ4n) is 2.67. The zero-order valence-corrected chi connectivity index (χ0v) is 14.2. The molecule has 1 atom stereocenters. The molecule has 2 aromatic rings. The molecule has 3 rings (SSSR count). The number of hydrogen-bond acceptors (Lipinski definition) is 5. The van der Waals surface area contributed by atoms with Crippen molar-refractivity contribution in [2.24, 2.45) is 0 Å². The van der Waals surface area contributed by atoms with Crippen molar-refractivity contribution >= 4 is 5.91 Å². The first-order valence-electron chi connectivity index (χ1n) is 8.34. The highest BCUT2D eigenvalue weighted by Crippen LogP contribution is 2.28. The second kappa shape index (κ2) is 8.48. The van der Waals surface area contributed by atoms with E-state index in [-0.39, 0.29) is 12.0 Å². The number of amides is 1. The Morgan fingerprint density at radius 1 is 1.32 bits per heavy atom. The number of pyridine rings is 1. The van der Waals surface area contributed by atoms with Crippen molar-refractivity contribution in [3.05, 3.63) is 53.9 Å². The summed E-state index contributed by atoms with van der Waals surface area (Å²) in [6, 6.07) is 9.46. The summed E-state index contributed by atoms with van der Waals surface area (Å²) in [6.45, 7) is 1.51. The SMILES string of the molecule is COc1cc(CNC(=O)[C@@H]2CCCO2)ccc1OCc1cccnc1. The highest BCUT2D eigenvalue weighted by atomic mass is 16.5. The predicted octanol–water partition coefficient (Wildman–Crippen LogP) is 2.46. The van der Waals surface area contributed by atoms with E-state index in [0.717, 1.165) is 24.0 Å². The molecule has 1 aromatic heterocycles. The second-order valence-electron chi connectivity index (χ2n) is 5.85. The molecule has 0 bridgehead atoms. The van der Waals surface area contributed by atoms with E-state index in [4.69, 9.17) is 14.2 Å². The van der Waals surface area contributed by atoms with Crippen LogP contribution >= 0.6 is 0 Å². The van der Waals surface area contributed by atoms with Crippen molar-refractivity contribution in [3.63, 3.8) is 0 Å². The first-order chi connectivity index (χ1) is 12.3. The number of benzene rings is 1. The molecule has 1 amide bonds. The van der Waals surface area contributed by atoms with Gasteiger partial charge in [0.1, 0.15) is 12.7 Å². The molecule has 25 heavy (non-hydrogen) atoms. The minimum Gasteiger partial charge on any atom is -0.493 e. The molecule has 6 nitrogen and oxygen atoms in total. The lowest BCUT2D eigenvalue weighted by atomic mass is 10.2. The lowest BCUT2D eigenvalue weighted by molar-refractivity contribution is -0.130. The summed E-state index contributed by atoms with van der Waals surface area (Å²) < 4.78 is 16.6. The van der Waals surface area contributed by atoms with Gasteiger partial charge in [-0.25, -0.2) is 0 Å². The van der Waals surface area contributed by atoms with Crippen LogP contribution in [0.2, 0.25) is 0 Å². The second-order valence-corrected chi connectivity index (χ2v) is 5.85. The van der Waals surface area contributed by atoms with Crippen molar-refractivity contribution in [1.29, 1.82) is 0 Å². The molecule has 1 fully saturated rings. The van der Waals surface area contributed by atoms with E-state index in [0.29, 0.717) is 31.3 Å². The van der Waals surface area contributed by atoms with E-state index in [1.54, 1.807) is 19.5 Å². The molecule has 0 aliphatic carbocycles. The van der Waals surface area contributed by atoms with Crippen molar-refractivity contribution in [3.8, 4) is 11.5 Å². The maximum atomic E-state index is 12.0. The lowest BCUT2D eigenvalue weighted by Crippen LogP contribution is -2.33. The van der Waals surface area contributed by atoms with Crippen LogP contribution in [0.5, 0.6) is 11.5 Å². The molecule has 0 saturated carbocycles. The average molecular weight is 342 g/mol. The van der Waals surface area contributed by atoms with Gasteiger partial charge in [0.2, 0.25) is 5.91 Å². The monoisotopic (exact) mass is 342 g/mol. The number of aromatic nitrogens is 1. The Morgan fingerprint density at radius 2 is 2.24 bits per heavy atom. The third-order valence-corrected chi connectivity index (χ3v) is 4.03. The third kappa shape index (κ3) is 4.70. The average Bonchev–Trinajstić information content (AvgIpc) is 3.20. The Morgan fingerprint density at radius 3 is 2.96 bits per heavy atom. The number of carbonyl (C=O) groups excluding carboxylic acids is 1. The molecular formula is C19H22N2O4. The van der Waals surface area contributed by atoms with Gasteiger partial charge in [0.25, 0.3) is 0 Å². The zero-order valence-electron chi connectivity index (χ0n) is 14.2. The maximum absolute atomic E-state index is 12.0. The first kappa shape index (κ1) is 17.2. The summed E-state index contributed by atoms with van der Waals surface area (Å²) in [5.74, 6) is 1.22. The van der Waals surface area contributed by atoms with Gasteiger partial charge in [0.05, 0.1) is 7.11 Å². The first-order valence-corrected chi connectivity index (χ1v) is 8.34. The van der Waals surface area contributed by atoms with Gasteiger partial charge >= 0.3 is 0 Å². The van der Waals surface area contributed by atoms with E-state index in [9.17, 15) is 4.79 Å². The zero-order chi connectivity index (χ0) is 17.5. The van der Waals surface area contributed by atoms with E-state index >= 15 is 0 Å². The summed E-state index contributed by atoms with van der Waals surface area (Å²) in [5.41, 5.74) is 1.93. The number of hydrogen-bond donors (Lipinski definition) is 1. The Labute approximate surface area is 147 Å². The molecular weight excluding hydrogens is 320 g/mol. The standard InChI is InChI=1S/C19H22N2O4/c1-23-18-10-14(12-21-19(22)17-5-3-9-24-17)6-7-16(18)25-13-15-4-2-8-20-11-15/h2,4,6-8,10-11,17H,3,5,9,12-13H2,1H3,(H,21,22)/t17-/m0/s1. The van der Waals surface area contributed by atoms with Crippen LogP contribution in [-0.4, -0.2) is 30.7 Å². The minimum atomic E-state index is -0.316. The molecule has 2 heterocycles. The predicted molar refractivity (Wildman–Crippen MR) is 92.4 cm³/mol. The highest BCUT2D eigenvalue weighted by molar-refractivity contribution is 5.80. The van der Waals surface area contributed by atoms with E-state index in [2.05, 4.69) is 10.3 Å². The van der Waals surface area contributed by atoms with Crippen molar-refractivity contribution < 1.29 is 19.0 Å². The van der Waals surface area contributed by atoms with Gasteiger partial charge in [-0.15, -0.1) is 0 Å². The summed E-state index contributed by atoms with van der Waals surface area (Å²) in [6.07, 6.45) is 4.90. The largest absolute Gasteiger partial charge is 0.493 e. The molecule has 1 aromatic carbocycles. The maximum Gasteiger partial charge on any atom is 0.249 e. The van der Waals surface area contributed by atoms with Crippen molar-refractivity contribution in [2.45, 2.75) is 32.1 Å².